The molecule has 1 aromatic rings. The van der Waals surface area contributed by atoms with E-state index in [1.54, 1.807) is 11.8 Å². The quantitative estimate of drug-likeness (QED) is 0.624. The van der Waals surface area contributed by atoms with Crippen molar-refractivity contribution in [3.8, 4) is 0 Å². The highest BCUT2D eigenvalue weighted by Crippen LogP contribution is 2.25. The van der Waals surface area contributed by atoms with Gasteiger partial charge in [-0.2, -0.15) is 11.8 Å². The molecule has 0 fully saturated rings. The Balaban J connectivity index is 2.48. The number of nitrogens with one attached hydrogen (secondary N) is 1. The van der Waals surface area contributed by atoms with Gasteiger partial charge in [-0.05, 0) is 17.6 Å². The molecule has 1 unspecified atom stereocenters. The average molecular weight is 233 g/mol. The highest BCUT2D eigenvalue weighted by Gasteiger charge is 2.11. The predicted molar refractivity (Wildman–Crippen MR) is 60.2 cm³/mol. The van der Waals surface area contributed by atoms with Crippen molar-refractivity contribution in [2.45, 2.75) is 12.2 Å². The van der Waals surface area contributed by atoms with Crippen LogP contribution in [0.4, 0.5) is 10.1 Å². The van der Waals surface area contributed by atoms with Gasteiger partial charge in [-0.1, -0.05) is 6.92 Å². The Morgan fingerprint density at radius 3 is 3.07 bits per heavy atom. The first kappa shape index (κ1) is 11.3. The van der Waals surface area contributed by atoms with Crippen LogP contribution in [0.25, 0.3) is 0 Å². The molecule has 0 bridgehead atoms. The molecule has 7 heteroatoms. The van der Waals surface area contributed by atoms with Crippen LogP contribution in [0.5, 0.6) is 0 Å². The van der Waals surface area contributed by atoms with E-state index in [2.05, 4.69) is 17.2 Å². The Bertz CT molecular complexity index is 316. The van der Waals surface area contributed by atoms with Gasteiger partial charge in [0.05, 0.1) is 4.92 Å². The monoisotopic (exact) mass is 233 g/mol. The van der Waals surface area contributed by atoms with Crippen molar-refractivity contribution in [1.82, 2.24) is 4.98 Å². The van der Waals surface area contributed by atoms with Crippen LogP contribution in [0.15, 0.2) is 6.20 Å². The van der Waals surface area contributed by atoms with Crippen molar-refractivity contribution in [2.75, 3.05) is 18.1 Å². The molecule has 0 aromatic carbocycles. The number of hydrogen-bond acceptors (Lipinski definition) is 6. The lowest BCUT2D eigenvalue weighted by atomic mass is 10.5. The summed E-state index contributed by atoms with van der Waals surface area (Å²) in [5.74, 6) is 0. The highest BCUT2D eigenvalue weighted by atomic mass is 32.2. The normalized spacial score (nSPS) is 12.4. The molecular weight excluding hydrogens is 222 g/mol. The van der Waals surface area contributed by atoms with E-state index in [4.69, 9.17) is 0 Å². The summed E-state index contributed by atoms with van der Waals surface area (Å²) in [5.41, 5.74) is 0. The Labute approximate surface area is 90.1 Å². The van der Waals surface area contributed by atoms with Crippen LogP contribution in [0.1, 0.15) is 6.92 Å². The molecule has 5 nitrogen and oxygen atoms in total. The first-order chi connectivity index (χ1) is 6.63. The van der Waals surface area contributed by atoms with Gasteiger partial charge in [0.2, 0.25) is 0 Å². The molecule has 0 amide bonds. The zero-order chi connectivity index (χ0) is 10.6. The van der Waals surface area contributed by atoms with E-state index < -0.39 is 4.92 Å². The summed E-state index contributed by atoms with van der Waals surface area (Å²) in [7, 11) is 0. The second-order valence-electron chi connectivity index (χ2n) is 2.69. The number of rotatable bonds is 5. The summed E-state index contributed by atoms with van der Waals surface area (Å²) in [6.45, 7) is 2.85. The SMILES string of the molecule is CSC(C)CNc1ncc([N+](=O)[O-])s1. The molecule has 0 radical (unpaired) electrons. The van der Waals surface area contributed by atoms with Gasteiger partial charge in [0.15, 0.2) is 5.13 Å². The average Bonchev–Trinajstić information content (AvgIpc) is 2.62. The number of nitrogens with zero attached hydrogens (tertiary/aromatic N) is 2. The number of aromatic nitrogens is 1. The minimum atomic E-state index is -0.430. The fourth-order valence-electron chi connectivity index (χ4n) is 0.746. The molecule has 0 spiro atoms. The van der Waals surface area contributed by atoms with Crippen molar-refractivity contribution in [3.63, 3.8) is 0 Å². The Hall–Kier alpha value is -0.820. The van der Waals surface area contributed by atoms with Gasteiger partial charge in [-0.25, -0.2) is 4.98 Å². The van der Waals surface area contributed by atoms with Crippen LogP contribution in [0, 0.1) is 10.1 Å². The van der Waals surface area contributed by atoms with Crippen LogP contribution in [0.2, 0.25) is 0 Å². The van der Waals surface area contributed by atoms with E-state index in [0.717, 1.165) is 17.9 Å². The van der Waals surface area contributed by atoms with Gasteiger partial charge in [-0.3, -0.25) is 10.1 Å². The topological polar surface area (TPSA) is 68.1 Å². The van der Waals surface area contributed by atoms with Crippen LogP contribution in [-0.2, 0) is 0 Å². The van der Waals surface area contributed by atoms with E-state index >= 15 is 0 Å². The fourth-order valence-corrected chi connectivity index (χ4v) is 1.64. The predicted octanol–water partition coefficient (Wildman–Crippen LogP) is 2.21. The summed E-state index contributed by atoms with van der Waals surface area (Å²) in [4.78, 5) is 13.8. The van der Waals surface area contributed by atoms with Crippen molar-refractivity contribution < 1.29 is 4.92 Å². The molecule has 1 rings (SSSR count). The highest BCUT2D eigenvalue weighted by molar-refractivity contribution is 7.99. The molecule has 78 valence electrons. The van der Waals surface area contributed by atoms with Crippen LogP contribution >= 0.6 is 23.1 Å². The van der Waals surface area contributed by atoms with E-state index in [1.165, 1.54) is 6.20 Å². The first-order valence-corrected chi connectivity index (χ1v) is 6.10. The molecule has 1 N–H and O–H groups in total. The van der Waals surface area contributed by atoms with Gasteiger partial charge >= 0.3 is 5.00 Å². The fraction of sp³-hybridized carbons (Fsp3) is 0.571. The van der Waals surface area contributed by atoms with Crippen molar-refractivity contribution in [1.29, 1.82) is 0 Å². The molecule has 1 aromatic heterocycles. The zero-order valence-corrected chi connectivity index (χ0v) is 9.52. The maximum absolute atomic E-state index is 10.4. The number of hydrogen-bond donors (Lipinski definition) is 1. The van der Waals surface area contributed by atoms with Gasteiger partial charge in [0.25, 0.3) is 0 Å². The third kappa shape index (κ3) is 3.15. The molecule has 1 heterocycles. The molecule has 1 atom stereocenters. The molecule has 0 saturated carbocycles. The van der Waals surface area contributed by atoms with E-state index in [1.807, 2.05) is 6.26 Å². The minimum Gasteiger partial charge on any atom is -0.360 e. The molecule has 0 aliphatic carbocycles. The molecule has 0 aliphatic heterocycles. The van der Waals surface area contributed by atoms with E-state index in [9.17, 15) is 10.1 Å². The molecule has 0 saturated heterocycles. The summed E-state index contributed by atoms with van der Waals surface area (Å²) in [6, 6.07) is 0. The second kappa shape index (κ2) is 5.16. The summed E-state index contributed by atoms with van der Waals surface area (Å²) in [6.07, 6.45) is 3.30. The van der Waals surface area contributed by atoms with Crippen LogP contribution in [-0.4, -0.2) is 28.0 Å². The third-order valence-electron chi connectivity index (χ3n) is 1.62. The number of anilines is 1. The molecule has 0 aliphatic rings. The summed E-state index contributed by atoms with van der Waals surface area (Å²) < 4.78 is 0. The number of thiazole rings is 1. The van der Waals surface area contributed by atoms with Crippen LogP contribution < -0.4 is 5.32 Å². The second-order valence-corrected chi connectivity index (χ2v) is 4.97. The lowest BCUT2D eigenvalue weighted by Crippen LogP contribution is -2.12. The third-order valence-corrected chi connectivity index (χ3v) is 3.49. The van der Waals surface area contributed by atoms with Gasteiger partial charge in [0, 0.05) is 11.8 Å². The molecule has 14 heavy (non-hydrogen) atoms. The Kier molecular flexibility index (Phi) is 4.15. The smallest absolute Gasteiger partial charge is 0.345 e. The first-order valence-electron chi connectivity index (χ1n) is 4.00. The summed E-state index contributed by atoms with van der Waals surface area (Å²) in [5, 5.41) is 14.6. The van der Waals surface area contributed by atoms with E-state index in [-0.39, 0.29) is 5.00 Å². The van der Waals surface area contributed by atoms with Gasteiger partial charge < -0.3 is 5.32 Å². The lowest BCUT2D eigenvalue weighted by Gasteiger charge is -2.07. The number of nitro groups is 1. The van der Waals surface area contributed by atoms with Crippen molar-refractivity contribution in [3.05, 3.63) is 16.3 Å². The number of thioether (sulfide) groups is 1. The van der Waals surface area contributed by atoms with Crippen LogP contribution in [0.3, 0.4) is 0 Å². The van der Waals surface area contributed by atoms with Crippen molar-refractivity contribution >= 4 is 33.2 Å². The Morgan fingerprint density at radius 2 is 2.57 bits per heavy atom. The standard InChI is InChI=1S/C7H11N3O2S2/c1-5(13-2)3-8-7-9-4-6(14-7)10(11)12/h4-5H,3H2,1-2H3,(H,8,9). The summed E-state index contributed by atoms with van der Waals surface area (Å²) >= 11 is 2.80. The van der Waals surface area contributed by atoms with Gasteiger partial charge in [-0.15, -0.1) is 0 Å². The maximum atomic E-state index is 10.4. The zero-order valence-electron chi connectivity index (χ0n) is 7.89. The van der Waals surface area contributed by atoms with Gasteiger partial charge in [0.1, 0.15) is 6.20 Å². The Morgan fingerprint density at radius 1 is 1.86 bits per heavy atom. The maximum Gasteiger partial charge on any atom is 0.345 e. The van der Waals surface area contributed by atoms with E-state index in [0.29, 0.717) is 10.4 Å². The molecular formula is C7H11N3O2S2. The largest absolute Gasteiger partial charge is 0.360 e. The van der Waals surface area contributed by atoms with Crippen molar-refractivity contribution in [2.24, 2.45) is 0 Å². The lowest BCUT2D eigenvalue weighted by molar-refractivity contribution is -0.380. The minimum absolute atomic E-state index is 0.0734.